The first-order valence-corrected chi connectivity index (χ1v) is 12.6. The van der Waals surface area contributed by atoms with Gasteiger partial charge in [-0.2, -0.15) is 34.1 Å². The van der Waals surface area contributed by atoms with Gasteiger partial charge in [-0.05, 0) is 32.6 Å². The van der Waals surface area contributed by atoms with Crippen LogP contribution < -0.4 is 0 Å². The van der Waals surface area contributed by atoms with Gasteiger partial charge in [-0.25, -0.2) is 0 Å². The molecule has 27 heavy (non-hydrogen) atoms. The van der Waals surface area contributed by atoms with Crippen molar-refractivity contribution in [1.29, 1.82) is 0 Å². The molecule has 0 spiro atoms. The molecule has 0 aliphatic carbocycles. The van der Waals surface area contributed by atoms with E-state index in [9.17, 15) is 16.8 Å². The van der Waals surface area contributed by atoms with E-state index in [-0.39, 0.29) is 38.4 Å². The van der Waals surface area contributed by atoms with E-state index in [1.807, 2.05) is 13.8 Å². The summed E-state index contributed by atoms with van der Waals surface area (Å²) in [5.41, 5.74) is 0. The fourth-order valence-corrected chi connectivity index (χ4v) is 7.63. The molecule has 3 saturated heterocycles. The quantitative estimate of drug-likeness (QED) is 0.630. The molecule has 0 aromatic heterocycles. The van der Waals surface area contributed by atoms with Gasteiger partial charge in [0.1, 0.15) is 0 Å². The Hall–Kier alpha value is -0.300. The summed E-state index contributed by atoms with van der Waals surface area (Å²) in [6, 6.07) is 0. The molecule has 0 saturated carbocycles. The second-order valence-corrected chi connectivity index (χ2v) is 11.9. The number of piperidine rings is 1. The van der Waals surface area contributed by atoms with Crippen LogP contribution in [0.5, 0.6) is 0 Å². The van der Waals surface area contributed by atoms with Crippen molar-refractivity contribution in [2.75, 3.05) is 52.4 Å². The maximum Gasteiger partial charge on any atom is 0.282 e. The number of rotatable bonds is 4. The Kier molecular flexibility index (Phi) is 6.51. The number of hydrogen-bond donors (Lipinski definition) is 0. The van der Waals surface area contributed by atoms with E-state index in [1.54, 1.807) is 4.31 Å². The minimum absolute atomic E-state index is 0.147. The monoisotopic (exact) mass is 424 g/mol. The second kappa shape index (κ2) is 8.21. The van der Waals surface area contributed by atoms with Crippen LogP contribution in [0.3, 0.4) is 0 Å². The lowest BCUT2D eigenvalue weighted by Gasteiger charge is -2.41. The molecule has 0 aromatic rings. The second-order valence-electron chi connectivity index (χ2n) is 7.99. The van der Waals surface area contributed by atoms with Gasteiger partial charge in [-0.15, -0.1) is 0 Å². The molecular formula is C16H32N4O5S2. The molecule has 0 amide bonds. The largest absolute Gasteiger partial charge is 0.373 e. The normalized spacial score (nSPS) is 34.0. The predicted octanol–water partition coefficient (Wildman–Crippen LogP) is -0.0653. The standard InChI is InChI=1S/C16H32N4O5S2/c1-14-5-4-6-19(11-14)26(21,22)17-7-9-18(10-8-17)27(23,24)20-12-15(2)25-16(3)13-20/h14-16H,4-13H2,1-3H3/t14-,15-,16+/m1/s1. The molecule has 3 heterocycles. The van der Waals surface area contributed by atoms with Crippen LogP contribution in [0.1, 0.15) is 33.6 Å². The van der Waals surface area contributed by atoms with Crippen LogP contribution in [-0.2, 0) is 25.2 Å². The molecule has 0 N–H and O–H groups in total. The molecular weight excluding hydrogens is 392 g/mol. The molecule has 9 nitrogen and oxygen atoms in total. The molecule has 0 unspecified atom stereocenters. The molecule has 3 fully saturated rings. The number of ether oxygens (including phenoxy) is 1. The summed E-state index contributed by atoms with van der Waals surface area (Å²) >= 11 is 0. The lowest BCUT2D eigenvalue weighted by Crippen LogP contribution is -2.59. The maximum atomic E-state index is 13.0. The van der Waals surface area contributed by atoms with Gasteiger partial charge in [0.25, 0.3) is 20.4 Å². The number of piperazine rings is 1. The summed E-state index contributed by atoms with van der Waals surface area (Å²) in [5, 5.41) is 0. The molecule has 3 aliphatic heterocycles. The molecule has 11 heteroatoms. The highest BCUT2D eigenvalue weighted by Gasteiger charge is 2.40. The average molecular weight is 425 g/mol. The van der Waals surface area contributed by atoms with Gasteiger partial charge in [0.05, 0.1) is 12.2 Å². The van der Waals surface area contributed by atoms with Crippen LogP contribution in [0.15, 0.2) is 0 Å². The first kappa shape index (κ1) is 21.4. The minimum Gasteiger partial charge on any atom is -0.373 e. The lowest BCUT2D eigenvalue weighted by atomic mass is 10.0. The van der Waals surface area contributed by atoms with E-state index in [4.69, 9.17) is 4.74 Å². The van der Waals surface area contributed by atoms with Crippen molar-refractivity contribution in [3.8, 4) is 0 Å². The van der Waals surface area contributed by atoms with Crippen LogP contribution >= 0.6 is 0 Å². The Morgan fingerprint density at radius 3 is 1.63 bits per heavy atom. The van der Waals surface area contributed by atoms with E-state index in [1.165, 1.54) is 12.9 Å². The van der Waals surface area contributed by atoms with Crippen molar-refractivity contribution in [2.24, 2.45) is 5.92 Å². The molecule has 3 atom stereocenters. The summed E-state index contributed by atoms with van der Waals surface area (Å²) < 4.78 is 63.1. The molecule has 0 bridgehead atoms. The van der Waals surface area contributed by atoms with Crippen molar-refractivity contribution in [3.05, 3.63) is 0 Å². The fourth-order valence-electron chi connectivity index (χ4n) is 4.13. The SMILES string of the molecule is C[C@@H]1CCCN(S(=O)(=O)N2CCN(S(=O)(=O)N3C[C@@H](C)O[C@@H](C)C3)CC2)C1. The first-order valence-electron chi connectivity index (χ1n) is 9.76. The van der Waals surface area contributed by atoms with Crippen LogP contribution in [0.2, 0.25) is 0 Å². The third kappa shape index (κ3) is 4.65. The van der Waals surface area contributed by atoms with Gasteiger partial charge in [-0.1, -0.05) is 6.92 Å². The molecule has 3 rings (SSSR count). The molecule has 0 aromatic carbocycles. The van der Waals surface area contributed by atoms with Crippen LogP contribution in [0.4, 0.5) is 0 Å². The Bertz CT molecular complexity index is 711. The van der Waals surface area contributed by atoms with Gasteiger partial charge in [0, 0.05) is 52.4 Å². The van der Waals surface area contributed by atoms with Crippen LogP contribution in [0, 0.1) is 5.92 Å². The van der Waals surface area contributed by atoms with E-state index < -0.39 is 20.4 Å². The van der Waals surface area contributed by atoms with Crippen molar-refractivity contribution in [2.45, 2.75) is 45.8 Å². The summed E-state index contributed by atoms with van der Waals surface area (Å²) in [7, 11) is -7.12. The van der Waals surface area contributed by atoms with Crippen LogP contribution in [0.25, 0.3) is 0 Å². The van der Waals surface area contributed by atoms with E-state index >= 15 is 0 Å². The summed E-state index contributed by atoms with van der Waals surface area (Å²) in [6.45, 7) is 8.31. The Labute approximate surface area is 163 Å². The minimum atomic E-state index is -3.60. The van der Waals surface area contributed by atoms with Gasteiger partial charge < -0.3 is 4.74 Å². The van der Waals surface area contributed by atoms with Gasteiger partial charge >= 0.3 is 0 Å². The first-order chi connectivity index (χ1) is 12.6. The average Bonchev–Trinajstić information content (AvgIpc) is 2.61. The van der Waals surface area contributed by atoms with Crippen LogP contribution in [-0.4, -0.2) is 98.6 Å². The zero-order valence-electron chi connectivity index (χ0n) is 16.4. The highest BCUT2D eigenvalue weighted by atomic mass is 32.2. The van der Waals surface area contributed by atoms with Crippen molar-refractivity contribution in [3.63, 3.8) is 0 Å². The Morgan fingerprint density at radius 1 is 0.667 bits per heavy atom. The predicted molar refractivity (Wildman–Crippen MR) is 103 cm³/mol. The van der Waals surface area contributed by atoms with E-state index in [0.29, 0.717) is 32.1 Å². The van der Waals surface area contributed by atoms with Gasteiger partial charge in [-0.3, -0.25) is 0 Å². The van der Waals surface area contributed by atoms with Crippen molar-refractivity contribution >= 4 is 20.4 Å². The summed E-state index contributed by atoms with van der Waals surface area (Å²) in [5.74, 6) is 0.362. The highest BCUT2D eigenvalue weighted by Crippen LogP contribution is 2.23. The molecule has 0 radical (unpaired) electrons. The van der Waals surface area contributed by atoms with E-state index in [0.717, 1.165) is 12.8 Å². The smallest absolute Gasteiger partial charge is 0.282 e. The van der Waals surface area contributed by atoms with Gasteiger partial charge in [0.15, 0.2) is 0 Å². The maximum absolute atomic E-state index is 13.0. The fraction of sp³-hybridized carbons (Fsp3) is 1.00. The summed E-state index contributed by atoms with van der Waals surface area (Å²) in [6.07, 6.45) is 1.63. The topological polar surface area (TPSA) is 90.5 Å². The number of hydrogen-bond acceptors (Lipinski definition) is 5. The molecule has 3 aliphatic rings. The lowest BCUT2D eigenvalue weighted by molar-refractivity contribution is -0.0456. The van der Waals surface area contributed by atoms with Crippen molar-refractivity contribution in [1.82, 2.24) is 17.2 Å². The highest BCUT2D eigenvalue weighted by molar-refractivity contribution is 7.87. The third-order valence-electron chi connectivity index (χ3n) is 5.51. The van der Waals surface area contributed by atoms with Gasteiger partial charge in [0.2, 0.25) is 0 Å². The van der Waals surface area contributed by atoms with Crippen molar-refractivity contribution < 1.29 is 21.6 Å². The zero-order valence-corrected chi connectivity index (χ0v) is 18.1. The molecule has 158 valence electrons. The Balaban J connectivity index is 1.62. The van der Waals surface area contributed by atoms with E-state index in [2.05, 4.69) is 6.92 Å². The number of morpholine rings is 1. The summed E-state index contributed by atoms with van der Waals surface area (Å²) in [4.78, 5) is 0. The zero-order chi connectivity index (χ0) is 19.8. The Morgan fingerprint density at radius 2 is 1.15 bits per heavy atom. The third-order valence-corrected chi connectivity index (χ3v) is 9.48. The number of nitrogens with zero attached hydrogens (tertiary/aromatic N) is 4.